The number of esters is 2. The maximum Gasteiger partial charge on any atom is 0.338 e. The van der Waals surface area contributed by atoms with Crippen molar-refractivity contribution in [3.05, 3.63) is 30.1 Å². The number of nitrogens with zero attached hydrogens (tertiary/aromatic N) is 2. The zero-order chi connectivity index (χ0) is 14.5. The monoisotopic (exact) mass is 277 g/mol. The first-order valence-corrected chi connectivity index (χ1v) is 6.26. The molecule has 0 bridgehead atoms. The van der Waals surface area contributed by atoms with Crippen LogP contribution in [0.25, 0.3) is 0 Å². The number of hydrogen-bond donors (Lipinski definition) is 1. The van der Waals surface area contributed by atoms with E-state index in [4.69, 9.17) is 0 Å². The van der Waals surface area contributed by atoms with E-state index in [9.17, 15) is 14.4 Å². The number of carbonyl (C=O) groups is 3. The van der Waals surface area contributed by atoms with Gasteiger partial charge in [-0.05, 0) is 25.5 Å². The maximum absolute atomic E-state index is 11.7. The number of rotatable bonds is 4. The van der Waals surface area contributed by atoms with Crippen molar-refractivity contribution in [1.29, 1.82) is 0 Å². The number of hydrogen-bond acceptors (Lipinski definition) is 6. The smallest absolute Gasteiger partial charge is 0.338 e. The van der Waals surface area contributed by atoms with Crippen LogP contribution in [0.15, 0.2) is 24.5 Å². The summed E-state index contributed by atoms with van der Waals surface area (Å²) in [5.41, 5.74) is 0.361. The average Bonchev–Trinajstić information content (AvgIpc) is 3.06. The normalized spacial score (nSPS) is 18.4. The van der Waals surface area contributed by atoms with Crippen LogP contribution in [0, 0.1) is 0 Å². The second-order valence-electron chi connectivity index (χ2n) is 4.49. The summed E-state index contributed by atoms with van der Waals surface area (Å²) in [6.07, 6.45) is 6.47. The van der Waals surface area contributed by atoms with Crippen molar-refractivity contribution in [1.82, 2.24) is 15.1 Å². The molecule has 0 amide bonds. The molecule has 7 heteroatoms. The molecule has 20 heavy (non-hydrogen) atoms. The molecule has 0 spiro atoms. The maximum atomic E-state index is 11.7. The molecule has 0 saturated carbocycles. The van der Waals surface area contributed by atoms with E-state index >= 15 is 0 Å². The van der Waals surface area contributed by atoms with Gasteiger partial charge in [0.15, 0.2) is 5.78 Å². The van der Waals surface area contributed by atoms with Crippen LogP contribution in [0.1, 0.15) is 23.2 Å². The first kappa shape index (κ1) is 14.1. The summed E-state index contributed by atoms with van der Waals surface area (Å²) in [5.74, 6) is -1.83. The quantitative estimate of drug-likeness (QED) is 0.360. The van der Waals surface area contributed by atoms with E-state index in [-0.39, 0.29) is 5.78 Å². The summed E-state index contributed by atoms with van der Waals surface area (Å²) in [4.78, 5) is 34.6. The first-order chi connectivity index (χ1) is 9.56. The number of ether oxygens (including phenoxy) is 1. The Kier molecular flexibility index (Phi) is 4.41. The zero-order valence-corrected chi connectivity index (χ0v) is 11.0. The molecule has 2 rings (SSSR count). The van der Waals surface area contributed by atoms with Crippen LogP contribution in [0.2, 0.25) is 0 Å². The number of aryl methyl sites for hydroxylation is 1. The Labute approximate surface area is 115 Å². The molecule has 2 heterocycles. The molecule has 106 valence electrons. The van der Waals surface area contributed by atoms with Crippen LogP contribution in [-0.4, -0.2) is 40.1 Å². The number of nitrogens with one attached hydrogen (secondary N) is 1. The number of ketones is 1. The molecular weight excluding hydrogens is 262 g/mol. The Morgan fingerprint density at radius 3 is 2.85 bits per heavy atom. The average molecular weight is 277 g/mol. The van der Waals surface area contributed by atoms with Gasteiger partial charge in [0.25, 0.3) is 0 Å². The third kappa shape index (κ3) is 3.61. The molecule has 7 nitrogen and oxygen atoms in total. The van der Waals surface area contributed by atoms with Gasteiger partial charge in [0.05, 0.1) is 11.8 Å². The summed E-state index contributed by atoms with van der Waals surface area (Å²) in [6, 6.07) is -0.429. The van der Waals surface area contributed by atoms with Crippen LogP contribution in [-0.2, 0) is 21.4 Å². The van der Waals surface area contributed by atoms with Crippen LogP contribution >= 0.6 is 0 Å². The molecule has 1 aliphatic rings. The van der Waals surface area contributed by atoms with E-state index in [0.29, 0.717) is 12.0 Å². The van der Waals surface area contributed by atoms with E-state index in [1.165, 1.54) is 17.1 Å². The SMILES string of the molecule is Cn1cc(C(=O)C=CC(=O)OC(=O)[C@@H]2CCCN2)cn1. The molecule has 0 aromatic carbocycles. The summed E-state index contributed by atoms with van der Waals surface area (Å²) < 4.78 is 6.11. The van der Waals surface area contributed by atoms with E-state index in [1.807, 2.05) is 0 Å². The van der Waals surface area contributed by atoms with Gasteiger partial charge in [-0.1, -0.05) is 0 Å². The molecule has 1 atom stereocenters. The van der Waals surface area contributed by atoms with Crippen LogP contribution < -0.4 is 5.32 Å². The Morgan fingerprint density at radius 1 is 1.45 bits per heavy atom. The van der Waals surface area contributed by atoms with Gasteiger partial charge in [-0.25, -0.2) is 9.59 Å². The van der Waals surface area contributed by atoms with Crippen molar-refractivity contribution < 1.29 is 19.1 Å². The van der Waals surface area contributed by atoms with E-state index in [1.54, 1.807) is 7.05 Å². The fourth-order valence-electron chi connectivity index (χ4n) is 1.88. The molecule has 0 unspecified atom stereocenters. The zero-order valence-electron chi connectivity index (χ0n) is 11.0. The lowest BCUT2D eigenvalue weighted by atomic mass is 10.2. The molecule has 0 aliphatic carbocycles. The minimum Gasteiger partial charge on any atom is -0.389 e. The topological polar surface area (TPSA) is 90.3 Å². The molecule has 1 saturated heterocycles. The molecule has 1 aliphatic heterocycles. The number of allylic oxidation sites excluding steroid dienone is 1. The highest BCUT2D eigenvalue weighted by atomic mass is 16.6. The summed E-state index contributed by atoms with van der Waals surface area (Å²) in [6.45, 7) is 0.739. The highest BCUT2D eigenvalue weighted by molar-refractivity contribution is 6.07. The second kappa shape index (κ2) is 6.25. The van der Waals surface area contributed by atoms with Gasteiger partial charge in [0.2, 0.25) is 0 Å². The molecule has 1 N–H and O–H groups in total. The van der Waals surface area contributed by atoms with Crippen molar-refractivity contribution >= 4 is 17.7 Å². The summed E-state index contributed by atoms with van der Waals surface area (Å²) >= 11 is 0. The van der Waals surface area contributed by atoms with Crippen LogP contribution in [0.5, 0.6) is 0 Å². The summed E-state index contributed by atoms with van der Waals surface area (Å²) in [5, 5.41) is 6.78. The van der Waals surface area contributed by atoms with Gasteiger partial charge in [-0.2, -0.15) is 5.10 Å². The number of carbonyl (C=O) groups excluding carboxylic acids is 3. The van der Waals surface area contributed by atoms with Crippen molar-refractivity contribution in [2.24, 2.45) is 7.05 Å². The minimum atomic E-state index is -0.846. The lowest BCUT2D eigenvalue weighted by Gasteiger charge is -2.06. The van der Waals surface area contributed by atoms with Crippen LogP contribution in [0.3, 0.4) is 0 Å². The molecule has 1 aromatic rings. The first-order valence-electron chi connectivity index (χ1n) is 6.26. The highest BCUT2D eigenvalue weighted by Gasteiger charge is 2.24. The lowest BCUT2D eigenvalue weighted by molar-refractivity contribution is -0.157. The molecule has 1 fully saturated rings. The third-order valence-corrected chi connectivity index (χ3v) is 2.91. The van der Waals surface area contributed by atoms with Gasteiger partial charge < -0.3 is 10.1 Å². The van der Waals surface area contributed by atoms with Crippen molar-refractivity contribution in [2.45, 2.75) is 18.9 Å². The van der Waals surface area contributed by atoms with Gasteiger partial charge in [-0.3, -0.25) is 9.48 Å². The Balaban J connectivity index is 1.85. The van der Waals surface area contributed by atoms with E-state index in [2.05, 4.69) is 15.2 Å². The Hall–Kier alpha value is -2.28. The third-order valence-electron chi connectivity index (χ3n) is 2.91. The van der Waals surface area contributed by atoms with Crippen LogP contribution in [0.4, 0.5) is 0 Å². The fraction of sp³-hybridized carbons (Fsp3) is 0.385. The predicted molar refractivity (Wildman–Crippen MR) is 68.8 cm³/mol. The minimum absolute atomic E-state index is 0.361. The lowest BCUT2D eigenvalue weighted by Crippen LogP contribution is -2.33. The summed E-state index contributed by atoms with van der Waals surface area (Å²) in [7, 11) is 1.68. The molecule has 1 aromatic heterocycles. The second-order valence-corrected chi connectivity index (χ2v) is 4.49. The van der Waals surface area contributed by atoms with Gasteiger partial charge in [-0.15, -0.1) is 0 Å². The van der Waals surface area contributed by atoms with Crippen molar-refractivity contribution in [2.75, 3.05) is 6.54 Å². The molecular formula is C13H15N3O4. The van der Waals surface area contributed by atoms with Crippen molar-refractivity contribution in [3.63, 3.8) is 0 Å². The van der Waals surface area contributed by atoms with Gasteiger partial charge in [0, 0.05) is 19.3 Å². The Bertz CT molecular complexity index is 556. The highest BCUT2D eigenvalue weighted by Crippen LogP contribution is 2.07. The Morgan fingerprint density at radius 2 is 2.25 bits per heavy atom. The molecule has 0 radical (unpaired) electrons. The largest absolute Gasteiger partial charge is 0.389 e. The predicted octanol–water partition coefficient (Wildman–Crippen LogP) is -0.0192. The number of aromatic nitrogens is 2. The van der Waals surface area contributed by atoms with E-state index in [0.717, 1.165) is 25.1 Å². The van der Waals surface area contributed by atoms with E-state index < -0.39 is 18.0 Å². The standard InChI is InChI=1S/C13H15N3O4/c1-16-8-9(7-15-16)11(17)4-5-12(18)20-13(19)10-3-2-6-14-10/h4-5,7-8,10,14H,2-3,6H2,1H3/t10-/m0/s1. The fourth-order valence-corrected chi connectivity index (χ4v) is 1.88. The van der Waals surface area contributed by atoms with Gasteiger partial charge in [0.1, 0.15) is 6.04 Å². The van der Waals surface area contributed by atoms with Gasteiger partial charge >= 0.3 is 11.9 Å². The van der Waals surface area contributed by atoms with Crippen molar-refractivity contribution in [3.8, 4) is 0 Å².